The molecule has 1 aliphatic heterocycles. The summed E-state index contributed by atoms with van der Waals surface area (Å²) < 4.78 is 13.0. The number of aryl methyl sites for hydroxylation is 1. The highest BCUT2D eigenvalue weighted by molar-refractivity contribution is 7.99. The number of nitrogens with zero attached hydrogens (tertiary/aromatic N) is 5. The molecule has 2 aromatic carbocycles. The third kappa shape index (κ3) is 6.14. The van der Waals surface area contributed by atoms with Gasteiger partial charge in [-0.2, -0.15) is 9.78 Å². The number of Topliss-reactive ketones (excluding diaryl/α,β-unsaturated/α-hetero) is 1. The van der Waals surface area contributed by atoms with Crippen molar-refractivity contribution in [3.8, 4) is 5.75 Å². The van der Waals surface area contributed by atoms with Crippen LogP contribution in [0.25, 0.3) is 0 Å². The Morgan fingerprint density at radius 2 is 2.00 bits per heavy atom. The largest absolute Gasteiger partial charge is 0.494 e. The fraction of sp³-hybridized carbons (Fsp3) is 0.407. The van der Waals surface area contributed by atoms with E-state index < -0.39 is 0 Å². The van der Waals surface area contributed by atoms with Gasteiger partial charge in [0.2, 0.25) is 5.16 Å². The number of methoxy groups -OCH3 is 1. The maximum Gasteiger partial charge on any atom is 0.212 e. The Bertz CT molecular complexity index is 1240. The molecule has 3 aromatic rings. The fourth-order valence-corrected chi connectivity index (χ4v) is 4.83. The Labute approximate surface area is 216 Å². The van der Waals surface area contributed by atoms with E-state index in [1.54, 1.807) is 24.3 Å². The quantitative estimate of drug-likeness (QED) is 0.251. The molecule has 0 atom stereocenters. The number of hydrogen-bond acceptors (Lipinski definition) is 8. The molecule has 4 rings (SSSR count). The van der Waals surface area contributed by atoms with Crippen LogP contribution in [0.4, 0.5) is 5.69 Å². The minimum atomic E-state index is -0.194. The van der Waals surface area contributed by atoms with Gasteiger partial charge in [-0.25, -0.2) is 0 Å². The number of anilines is 1. The number of rotatable bonds is 8. The average Bonchev–Trinajstić information content (AvgIpc) is 3.32. The third-order valence-electron chi connectivity index (χ3n) is 5.96. The number of aromatic nitrogens is 3. The van der Waals surface area contributed by atoms with Crippen LogP contribution in [0.5, 0.6) is 5.75 Å². The summed E-state index contributed by atoms with van der Waals surface area (Å²) in [6.07, 6.45) is 3.30. The lowest BCUT2D eigenvalue weighted by atomic mass is 9.84. The van der Waals surface area contributed by atoms with Crippen molar-refractivity contribution < 1.29 is 14.3 Å². The second-order valence-corrected chi connectivity index (χ2v) is 10.7. The maximum atomic E-state index is 13.4. The van der Waals surface area contributed by atoms with Crippen LogP contribution < -0.4 is 9.64 Å². The average molecular weight is 508 g/mol. The van der Waals surface area contributed by atoms with E-state index in [1.807, 2.05) is 43.3 Å². The lowest BCUT2D eigenvalue weighted by molar-refractivity contribution is 0.102. The van der Waals surface area contributed by atoms with Gasteiger partial charge in [0.05, 0.1) is 38.0 Å². The van der Waals surface area contributed by atoms with E-state index in [2.05, 4.69) is 41.0 Å². The number of carbonyl (C=O) groups is 1. The molecule has 1 aromatic heterocycles. The molecule has 0 saturated carbocycles. The van der Waals surface area contributed by atoms with Crippen LogP contribution in [-0.2, 0) is 10.2 Å². The summed E-state index contributed by atoms with van der Waals surface area (Å²) in [4.78, 5) is 15.6. The Hall–Kier alpha value is -3.17. The highest BCUT2D eigenvalue weighted by Gasteiger charge is 2.27. The van der Waals surface area contributed by atoms with Gasteiger partial charge in [-0.3, -0.25) is 4.79 Å². The van der Waals surface area contributed by atoms with Crippen molar-refractivity contribution in [2.24, 2.45) is 5.10 Å². The van der Waals surface area contributed by atoms with Crippen LogP contribution >= 0.6 is 11.8 Å². The van der Waals surface area contributed by atoms with Gasteiger partial charge in [-0.15, -0.1) is 10.2 Å². The molecule has 1 fully saturated rings. The first-order chi connectivity index (χ1) is 17.3. The molecule has 0 unspecified atom stereocenters. The van der Waals surface area contributed by atoms with Gasteiger partial charge in [0, 0.05) is 24.2 Å². The standard InChI is InChI=1S/C27H33N5O3S/c1-19-7-6-8-20(13-19)16-29-32-18-28-30-26(32)36-17-24(33)21-14-22(27(2,3)4)25(34-5)23(15-21)31-9-11-35-12-10-31/h6-8,13-16,18H,9-12,17H2,1-5H3/b29-16+. The minimum Gasteiger partial charge on any atom is -0.494 e. The van der Waals surface area contributed by atoms with E-state index in [-0.39, 0.29) is 17.0 Å². The molecule has 8 nitrogen and oxygen atoms in total. The van der Waals surface area contributed by atoms with Gasteiger partial charge in [0.1, 0.15) is 12.1 Å². The monoisotopic (exact) mass is 507 g/mol. The summed E-state index contributed by atoms with van der Waals surface area (Å²) in [5, 5.41) is 13.2. The fourth-order valence-electron chi connectivity index (χ4n) is 4.07. The molecule has 0 aliphatic carbocycles. The second kappa shape index (κ2) is 11.3. The highest BCUT2D eigenvalue weighted by Crippen LogP contribution is 2.40. The summed E-state index contributed by atoms with van der Waals surface area (Å²) in [6, 6.07) is 12.0. The number of benzene rings is 2. The van der Waals surface area contributed by atoms with Crippen molar-refractivity contribution in [2.45, 2.75) is 38.3 Å². The zero-order valence-corrected chi connectivity index (χ0v) is 22.3. The molecule has 0 spiro atoms. The highest BCUT2D eigenvalue weighted by atomic mass is 32.2. The smallest absolute Gasteiger partial charge is 0.212 e. The molecule has 0 amide bonds. The molecule has 1 saturated heterocycles. The first kappa shape index (κ1) is 25.9. The van der Waals surface area contributed by atoms with Gasteiger partial charge in [-0.05, 0) is 30.0 Å². The van der Waals surface area contributed by atoms with Gasteiger partial charge < -0.3 is 14.4 Å². The van der Waals surface area contributed by atoms with Crippen LogP contribution in [0.15, 0.2) is 53.0 Å². The number of ketones is 1. The van der Waals surface area contributed by atoms with E-state index in [0.717, 1.165) is 41.2 Å². The van der Waals surface area contributed by atoms with Crippen LogP contribution in [-0.4, -0.2) is 66.0 Å². The van der Waals surface area contributed by atoms with Gasteiger partial charge in [-0.1, -0.05) is 62.4 Å². The Morgan fingerprint density at radius 1 is 1.22 bits per heavy atom. The zero-order valence-electron chi connectivity index (χ0n) is 21.5. The van der Waals surface area contributed by atoms with Gasteiger partial charge >= 0.3 is 0 Å². The molecule has 190 valence electrons. The van der Waals surface area contributed by atoms with E-state index in [9.17, 15) is 4.79 Å². The van der Waals surface area contributed by atoms with Crippen molar-refractivity contribution >= 4 is 29.4 Å². The number of hydrogen-bond donors (Lipinski definition) is 0. The van der Waals surface area contributed by atoms with Crippen LogP contribution in [0.2, 0.25) is 0 Å². The number of carbonyl (C=O) groups excluding carboxylic acids is 1. The number of morpholine rings is 1. The van der Waals surface area contributed by atoms with Gasteiger partial charge in [0.15, 0.2) is 5.78 Å². The predicted octanol–water partition coefficient (Wildman–Crippen LogP) is 4.59. The van der Waals surface area contributed by atoms with Crippen molar-refractivity contribution in [1.82, 2.24) is 14.9 Å². The topological polar surface area (TPSA) is 81.8 Å². The number of ether oxygens (including phenoxy) is 2. The molecule has 0 N–H and O–H groups in total. The van der Waals surface area contributed by atoms with Crippen molar-refractivity contribution in [3.05, 3.63) is 65.0 Å². The molecule has 2 heterocycles. The third-order valence-corrected chi connectivity index (χ3v) is 6.89. The summed E-state index contributed by atoms with van der Waals surface area (Å²) >= 11 is 1.32. The molecular weight excluding hydrogens is 474 g/mol. The summed E-state index contributed by atoms with van der Waals surface area (Å²) in [5.74, 6) is 1.05. The Kier molecular flexibility index (Phi) is 8.11. The zero-order chi connectivity index (χ0) is 25.7. The van der Waals surface area contributed by atoms with Crippen molar-refractivity contribution in [3.63, 3.8) is 0 Å². The second-order valence-electron chi connectivity index (χ2n) is 9.75. The Morgan fingerprint density at radius 3 is 2.69 bits per heavy atom. The number of thioether (sulfide) groups is 1. The predicted molar refractivity (Wildman–Crippen MR) is 144 cm³/mol. The van der Waals surface area contributed by atoms with Crippen molar-refractivity contribution in [2.75, 3.05) is 44.1 Å². The van der Waals surface area contributed by atoms with E-state index in [1.165, 1.54) is 11.8 Å². The molecule has 0 bridgehead atoms. The molecule has 36 heavy (non-hydrogen) atoms. The van der Waals surface area contributed by atoms with Gasteiger partial charge in [0.25, 0.3) is 0 Å². The Balaban J connectivity index is 1.55. The molecular formula is C27H33N5O3S. The summed E-state index contributed by atoms with van der Waals surface area (Å²) in [5.41, 5.74) is 4.55. The van der Waals surface area contributed by atoms with E-state index in [0.29, 0.717) is 23.9 Å². The van der Waals surface area contributed by atoms with Crippen LogP contribution in [0.3, 0.4) is 0 Å². The SMILES string of the molecule is COc1c(N2CCOCC2)cc(C(=O)CSc2nncn2/N=C/c2cccc(C)c2)cc1C(C)(C)C. The summed E-state index contributed by atoms with van der Waals surface area (Å²) in [7, 11) is 1.69. The minimum absolute atomic E-state index is 0.0138. The molecule has 1 aliphatic rings. The lowest BCUT2D eigenvalue weighted by Gasteiger charge is -2.33. The lowest BCUT2D eigenvalue weighted by Crippen LogP contribution is -2.37. The maximum absolute atomic E-state index is 13.4. The molecule has 0 radical (unpaired) electrons. The van der Waals surface area contributed by atoms with E-state index >= 15 is 0 Å². The summed E-state index contributed by atoms with van der Waals surface area (Å²) in [6.45, 7) is 11.3. The normalized spacial score (nSPS) is 14.4. The van der Waals surface area contributed by atoms with Crippen LogP contribution in [0, 0.1) is 6.92 Å². The molecule has 9 heteroatoms. The van der Waals surface area contributed by atoms with Crippen molar-refractivity contribution in [1.29, 1.82) is 0 Å². The first-order valence-electron chi connectivity index (χ1n) is 12.0. The van der Waals surface area contributed by atoms with E-state index in [4.69, 9.17) is 9.47 Å². The first-order valence-corrected chi connectivity index (χ1v) is 13.0. The van der Waals surface area contributed by atoms with Crippen LogP contribution in [0.1, 0.15) is 47.8 Å².